The maximum atomic E-state index is 5.16. The summed E-state index contributed by atoms with van der Waals surface area (Å²) in [4.78, 5) is 5.93. The molecule has 2 aromatic rings. The third-order valence-electron chi connectivity index (χ3n) is 3.05. The summed E-state index contributed by atoms with van der Waals surface area (Å²) in [5, 5.41) is 8.35. The lowest BCUT2D eigenvalue weighted by atomic mass is 10.2. The predicted octanol–water partition coefficient (Wildman–Crippen LogP) is 3.04. The molecule has 0 unspecified atom stereocenters. The van der Waals surface area contributed by atoms with Crippen LogP contribution < -0.4 is 0 Å². The molecular weight excluding hydrogens is 252 g/mol. The monoisotopic (exact) mass is 266 g/mol. The molecule has 1 fully saturated rings. The number of hydrogen-bond donors (Lipinski definition) is 1. The largest absolute Gasteiger partial charge is 0.303 e. The molecule has 1 saturated carbocycles. The molecule has 0 atom stereocenters. The Morgan fingerprint density at radius 2 is 2.29 bits per heavy atom. The predicted molar refractivity (Wildman–Crippen MR) is 70.9 cm³/mol. The average molecular weight is 266 g/mol. The van der Waals surface area contributed by atoms with Crippen molar-refractivity contribution in [3.05, 3.63) is 15.5 Å². The number of rotatable bonds is 3. The minimum atomic E-state index is 0.645. The molecule has 1 aliphatic carbocycles. The lowest BCUT2D eigenvalue weighted by Gasteiger charge is -1.99. The van der Waals surface area contributed by atoms with Gasteiger partial charge in [0.2, 0.25) is 0 Å². The zero-order valence-electron chi connectivity index (χ0n) is 9.86. The van der Waals surface area contributed by atoms with Crippen LogP contribution in [0.15, 0.2) is 0 Å². The standard InChI is InChI=1S/C11H14N4S2/c1-3-7-12-8(6-4-5-6)9(17-7)10-13-14-11(16)15(10)2/h6H,3-5H2,1-2H3,(H,14,16). The zero-order chi connectivity index (χ0) is 12.0. The molecule has 6 heteroatoms. The highest BCUT2D eigenvalue weighted by Gasteiger charge is 2.31. The highest BCUT2D eigenvalue weighted by molar-refractivity contribution is 7.71. The summed E-state index contributed by atoms with van der Waals surface area (Å²) >= 11 is 6.91. The first-order chi connectivity index (χ1) is 8.20. The molecule has 4 nitrogen and oxygen atoms in total. The normalized spacial score (nSPS) is 15.4. The molecule has 3 rings (SSSR count). The van der Waals surface area contributed by atoms with Crippen molar-refractivity contribution in [2.24, 2.45) is 7.05 Å². The number of aryl methyl sites for hydroxylation is 1. The van der Waals surface area contributed by atoms with Crippen LogP contribution in [0.5, 0.6) is 0 Å². The van der Waals surface area contributed by atoms with E-state index in [4.69, 9.17) is 17.2 Å². The van der Waals surface area contributed by atoms with Crippen molar-refractivity contribution in [1.29, 1.82) is 0 Å². The molecule has 2 aromatic heterocycles. The first-order valence-corrected chi connectivity index (χ1v) is 7.04. The molecule has 17 heavy (non-hydrogen) atoms. The summed E-state index contributed by atoms with van der Waals surface area (Å²) in [6, 6.07) is 0. The van der Waals surface area contributed by atoms with Crippen molar-refractivity contribution in [3.8, 4) is 10.7 Å². The summed E-state index contributed by atoms with van der Waals surface area (Å²) in [5.41, 5.74) is 1.23. The van der Waals surface area contributed by atoms with Crippen molar-refractivity contribution in [2.75, 3.05) is 0 Å². The minimum absolute atomic E-state index is 0.645. The van der Waals surface area contributed by atoms with E-state index in [1.165, 1.54) is 28.4 Å². The fraction of sp³-hybridized carbons (Fsp3) is 0.545. The van der Waals surface area contributed by atoms with Crippen molar-refractivity contribution < 1.29 is 0 Å². The Balaban J connectivity index is 2.15. The van der Waals surface area contributed by atoms with E-state index < -0.39 is 0 Å². The van der Waals surface area contributed by atoms with E-state index in [0.717, 1.165) is 12.2 Å². The van der Waals surface area contributed by atoms with E-state index >= 15 is 0 Å². The summed E-state index contributed by atoms with van der Waals surface area (Å²) in [6.07, 6.45) is 3.50. The Morgan fingerprint density at radius 1 is 1.53 bits per heavy atom. The van der Waals surface area contributed by atoms with Gasteiger partial charge in [-0.25, -0.2) is 4.98 Å². The van der Waals surface area contributed by atoms with E-state index in [1.54, 1.807) is 11.3 Å². The van der Waals surface area contributed by atoms with Gasteiger partial charge >= 0.3 is 0 Å². The van der Waals surface area contributed by atoms with Crippen LogP contribution in [0.1, 0.15) is 36.4 Å². The first-order valence-electron chi connectivity index (χ1n) is 5.82. The van der Waals surface area contributed by atoms with Crippen LogP contribution in [0.3, 0.4) is 0 Å². The van der Waals surface area contributed by atoms with Crippen LogP contribution in [0.25, 0.3) is 10.7 Å². The molecule has 0 aliphatic heterocycles. The van der Waals surface area contributed by atoms with E-state index in [2.05, 4.69) is 17.1 Å². The Hall–Kier alpha value is -1.01. The van der Waals surface area contributed by atoms with E-state index in [-0.39, 0.29) is 0 Å². The molecular formula is C11H14N4S2. The Morgan fingerprint density at radius 3 is 2.82 bits per heavy atom. The van der Waals surface area contributed by atoms with Gasteiger partial charge in [0.15, 0.2) is 10.6 Å². The van der Waals surface area contributed by atoms with Gasteiger partial charge in [0.05, 0.1) is 15.6 Å². The molecule has 0 saturated heterocycles. The van der Waals surface area contributed by atoms with Crippen molar-refractivity contribution in [1.82, 2.24) is 19.7 Å². The number of nitrogens with one attached hydrogen (secondary N) is 1. The lowest BCUT2D eigenvalue weighted by Crippen LogP contribution is -1.93. The van der Waals surface area contributed by atoms with Crippen LogP contribution in [-0.2, 0) is 13.5 Å². The van der Waals surface area contributed by atoms with Gasteiger partial charge in [-0.2, -0.15) is 5.10 Å². The highest BCUT2D eigenvalue weighted by Crippen LogP contribution is 2.45. The molecule has 1 N–H and O–H groups in total. The molecule has 2 heterocycles. The van der Waals surface area contributed by atoms with E-state index in [0.29, 0.717) is 10.7 Å². The number of hydrogen-bond acceptors (Lipinski definition) is 4. The van der Waals surface area contributed by atoms with Crippen LogP contribution in [0, 0.1) is 4.77 Å². The van der Waals surface area contributed by atoms with Gasteiger partial charge in [-0.15, -0.1) is 11.3 Å². The van der Waals surface area contributed by atoms with Gasteiger partial charge in [-0.3, -0.25) is 5.10 Å². The number of aromatic nitrogens is 4. The first kappa shape index (κ1) is 11.1. The van der Waals surface area contributed by atoms with Gasteiger partial charge in [0.25, 0.3) is 0 Å². The molecule has 0 amide bonds. The molecule has 0 bridgehead atoms. The quantitative estimate of drug-likeness (QED) is 0.869. The van der Waals surface area contributed by atoms with E-state index in [9.17, 15) is 0 Å². The van der Waals surface area contributed by atoms with Crippen LogP contribution in [0.4, 0.5) is 0 Å². The molecule has 0 spiro atoms. The average Bonchev–Trinajstić information content (AvgIpc) is 3.01. The third-order valence-corrected chi connectivity index (χ3v) is 4.62. The molecule has 0 radical (unpaired) electrons. The van der Waals surface area contributed by atoms with Crippen molar-refractivity contribution in [2.45, 2.75) is 32.1 Å². The number of aromatic amines is 1. The summed E-state index contributed by atoms with van der Waals surface area (Å²) in [5.74, 6) is 1.57. The second-order valence-corrected chi connectivity index (χ2v) is 5.83. The number of thiazole rings is 1. The zero-order valence-corrected chi connectivity index (χ0v) is 11.5. The summed E-state index contributed by atoms with van der Waals surface area (Å²) < 4.78 is 2.59. The molecule has 90 valence electrons. The SMILES string of the molecule is CCc1nc(C2CC2)c(-c2n[nH]c(=S)n2C)s1. The van der Waals surface area contributed by atoms with Gasteiger partial charge in [-0.1, -0.05) is 6.92 Å². The minimum Gasteiger partial charge on any atom is -0.303 e. The van der Waals surface area contributed by atoms with Crippen LogP contribution in [-0.4, -0.2) is 19.7 Å². The van der Waals surface area contributed by atoms with Gasteiger partial charge in [0, 0.05) is 13.0 Å². The van der Waals surface area contributed by atoms with E-state index in [1.807, 2.05) is 11.6 Å². The second-order valence-electron chi connectivity index (χ2n) is 4.36. The summed E-state index contributed by atoms with van der Waals surface area (Å²) in [7, 11) is 1.95. The highest BCUT2D eigenvalue weighted by atomic mass is 32.1. The Kier molecular flexibility index (Phi) is 2.63. The van der Waals surface area contributed by atoms with Crippen LogP contribution >= 0.6 is 23.6 Å². The topological polar surface area (TPSA) is 46.5 Å². The maximum Gasteiger partial charge on any atom is 0.195 e. The van der Waals surface area contributed by atoms with Gasteiger partial charge < -0.3 is 4.57 Å². The number of H-pyrrole nitrogens is 1. The number of nitrogens with zero attached hydrogens (tertiary/aromatic N) is 3. The van der Waals surface area contributed by atoms with Gasteiger partial charge in [0.1, 0.15) is 0 Å². The smallest absolute Gasteiger partial charge is 0.195 e. The fourth-order valence-electron chi connectivity index (χ4n) is 1.87. The van der Waals surface area contributed by atoms with Crippen LogP contribution in [0.2, 0.25) is 0 Å². The fourth-order valence-corrected chi connectivity index (χ4v) is 3.12. The Labute approximate surface area is 109 Å². The van der Waals surface area contributed by atoms with Gasteiger partial charge in [-0.05, 0) is 31.5 Å². The van der Waals surface area contributed by atoms with Crippen molar-refractivity contribution >= 4 is 23.6 Å². The lowest BCUT2D eigenvalue weighted by molar-refractivity contribution is 0.898. The Bertz CT molecular complexity index is 603. The summed E-state index contributed by atoms with van der Waals surface area (Å²) in [6.45, 7) is 2.14. The van der Waals surface area contributed by atoms with Crippen molar-refractivity contribution in [3.63, 3.8) is 0 Å². The second kappa shape index (κ2) is 4.03. The third kappa shape index (κ3) is 1.85. The maximum absolute atomic E-state index is 5.16. The molecule has 1 aliphatic rings. The molecule has 0 aromatic carbocycles.